The lowest BCUT2D eigenvalue weighted by molar-refractivity contribution is 0.304. The molecule has 118 valence electrons. The number of halogens is 1. The van der Waals surface area contributed by atoms with Crippen molar-refractivity contribution >= 4 is 0 Å². The van der Waals surface area contributed by atoms with Gasteiger partial charge in [-0.15, -0.1) is 0 Å². The summed E-state index contributed by atoms with van der Waals surface area (Å²) in [5.74, 6) is 0.254. The Balaban J connectivity index is 1.77. The topological polar surface area (TPSA) is 35.0 Å². The monoisotopic (exact) mass is 302 g/mol. The second kappa shape index (κ2) is 9.13. The van der Waals surface area contributed by atoms with Gasteiger partial charge in [-0.2, -0.15) is 4.39 Å². The zero-order valence-electron chi connectivity index (χ0n) is 13.1. The maximum Gasteiger partial charge on any atom is 0.239 e. The predicted molar refractivity (Wildman–Crippen MR) is 86.3 cm³/mol. The van der Waals surface area contributed by atoms with Crippen LogP contribution in [0.1, 0.15) is 45.4 Å². The molecule has 0 unspecified atom stereocenters. The summed E-state index contributed by atoms with van der Waals surface area (Å²) in [6.45, 7) is 2.95. The normalized spacial score (nSPS) is 10.6. The summed E-state index contributed by atoms with van der Waals surface area (Å²) < 4.78 is 19.3. The van der Waals surface area contributed by atoms with Gasteiger partial charge in [0.15, 0.2) is 0 Å². The molecule has 0 aliphatic heterocycles. The molecule has 3 nitrogen and oxygen atoms in total. The van der Waals surface area contributed by atoms with Crippen molar-refractivity contribution in [2.45, 2.75) is 45.4 Å². The minimum Gasteiger partial charge on any atom is -0.494 e. The van der Waals surface area contributed by atoms with Crippen LogP contribution in [-0.2, 0) is 0 Å². The molecule has 1 heterocycles. The van der Waals surface area contributed by atoms with E-state index in [0.29, 0.717) is 5.56 Å². The van der Waals surface area contributed by atoms with Gasteiger partial charge < -0.3 is 4.74 Å². The van der Waals surface area contributed by atoms with Crippen LogP contribution in [0.25, 0.3) is 11.3 Å². The summed E-state index contributed by atoms with van der Waals surface area (Å²) in [5, 5.41) is 0. The third-order valence-corrected chi connectivity index (χ3v) is 3.55. The van der Waals surface area contributed by atoms with Crippen LogP contribution in [0.4, 0.5) is 4.39 Å². The summed E-state index contributed by atoms with van der Waals surface area (Å²) in [6, 6.07) is 7.31. The zero-order chi connectivity index (χ0) is 15.6. The Morgan fingerprint density at radius 3 is 2.32 bits per heavy atom. The quantitative estimate of drug-likeness (QED) is 0.610. The SMILES string of the molecule is CCCCCCCCOc1ccc(-c2nccnc2F)cc1. The van der Waals surface area contributed by atoms with E-state index in [1.54, 1.807) is 0 Å². The molecular formula is C18H23FN2O. The number of benzene rings is 1. The molecule has 0 radical (unpaired) electrons. The predicted octanol–water partition coefficient (Wildman–Crippen LogP) is 5.02. The van der Waals surface area contributed by atoms with Crippen LogP contribution in [0.3, 0.4) is 0 Å². The molecule has 0 aliphatic carbocycles. The van der Waals surface area contributed by atoms with Gasteiger partial charge in [-0.05, 0) is 30.7 Å². The van der Waals surface area contributed by atoms with Gasteiger partial charge in [0.05, 0.1) is 6.61 Å². The molecule has 0 saturated carbocycles. The standard InChI is InChI=1S/C18H23FN2O/c1-2-3-4-5-6-7-14-22-16-10-8-15(9-11-16)17-18(19)21-13-12-20-17/h8-13H,2-7,14H2,1H3. The van der Waals surface area contributed by atoms with Crippen LogP contribution >= 0.6 is 0 Å². The summed E-state index contributed by atoms with van der Waals surface area (Å²) in [4.78, 5) is 7.62. The first-order valence-electron chi connectivity index (χ1n) is 8.01. The van der Waals surface area contributed by atoms with Crippen molar-refractivity contribution in [1.82, 2.24) is 9.97 Å². The molecule has 0 bridgehead atoms. The first kappa shape index (κ1) is 16.4. The number of rotatable bonds is 9. The number of nitrogens with zero attached hydrogens (tertiary/aromatic N) is 2. The zero-order valence-corrected chi connectivity index (χ0v) is 13.1. The number of aromatic nitrogens is 2. The van der Waals surface area contributed by atoms with E-state index in [1.807, 2.05) is 24.3 Å². The molecule has 22 heavy (non-hydrogen) atoms. The molecule has 0 fully saturated rings. The Labute approximate surface area is 131 Å². The summed E-state index contributed by atoms with van der Waals surface area (Å²) in [6.07, 6.45) is 10.3. The highest BCUT2D eigenvalue weighted by molar-refractivity contribution is 5.59. The van der Waals surface area contributed by atoms with E-state index in [9.17, 15) is 4.39 Å². The first-order chi connectivity index (χ1) is 10.8. The van der Waals surface area contributed by atoms with E-state index in [2.05, 4.69) is 16.9 Å². The molecule has 1 aromatic carbocycles. The number of hydrogen-bond acceptors (Lipinski definition) is 3. The van der Waals surface area contributed by atoms with E-state index in [4.69, 9.17) is 4.74 Å². The van der Waals surface area contributed by atoms with Gasteiger partial charge >= 0.3 is 0 Å². The summed E-state index contributed by atoms with van der Waals surface area (Å²) in [7, 11) is 0. The van der Waals surface area contributed by atoms with Crippen molar-refractivity contribution in [1.29, 1.82) is 0 Å². The van der Waals surface area contributed by atoms with Crippen LogP contribution in [0, 0.1) is 5.95 Å². The van der Waals surface area contributed by atoms with Crippen molar-refractivity contribution in [2.75, 3.05) is 6.61 Å². The molecule has 0 amide bonds. The van der Waals surface area contributed by atoms with Crippen LogP contribution in [0.15, 0.2) is 36.7 Å². The molecule has 0 saturated heterocycles. The number of hydrogen-bond donors (Lipinski definition) is 0. The second-order valence-electron chi connectivity index (χ2n) is 5.34. The van der Waals surface area contributed by atoms with Gasteiger partial charge in [-0.3, -0.25) is 0 Å². The maximum atomic E-state index is 13.5. The Bertz CT molecular complexity index is 557. The Morgan fingerprint density at radius 2 is 1.59 bits per heavy atom. The lowest BCUT2D eigenvalue weighted by Crippen LogP contribution is -1.97. The highest BCUT2D eigenvalue weighted by Crippen LogP contribution is 2.22. The highest BCUT2D eigenvalue weighted by Gasteiger charge is 2.06. The van der Waals surface area contributed by atoms with Gasteiger partial charge in [0, 0.05) is 18.0 Å². The molecule has 0 spiro atoms. The van der Waals surface area contributed by atoms with E-state index in [-0.39, 0.29) is 5.69 Å². The van der Waals surface area contributed by atoms with Gasteiger partial charge in [0.2, 0.25) is 5.95 Å². The number of ether oxygens (including phenoxy) is 1. The summed E-state index contributed by atoms with van der Waals surface area (Å²) >= 11 is 0. The molecule has 0 N–H and O–H groups in total. The van der Waals surface area contributed by atoms with E-state index in [1.165, 1.54) is 44.5 Å². The van der Waals surface area contributed by atoms with Crippen LogP contribution in [-0.4, -0.2) is 16.6 Å². The van der Waals surface area contributed by atoms with Crippen molar-refractivity contribution in [3.05, 3.63) is 42.6 Å². The average Bonchev–Trinajstić information content (AvgIpc) is 2.55. The third kappa shape index (κ3) is 5.10. The Kier molecular flexibility index (Phi) is 6.81. The molecule has 0 aliphatic rings. The van der Waals surface area contributed by atoms with Crippen molar-refractivity contribution in [2.24, 2.45) is 0 Å². The molecule has 2 aromatic rings. The lowest BCUT2D eigenvalue weighted by atomic mass is 10.1. The van der Waals surface area contributed by atoms with Crippen molar-refractivity contribution in [3.8, 4) is 17.0 Å². The fourth-order valence-electron chi connectivity index (χ4n) is 2.30. The van der Waals surface area contributed by atoms with Crippen LogP contribution in [0.5, 0.6) is 5.75 Å². The average molecular weight is 302 g/mol. The maximum absolute atomic E-state index is 13.5. The van der Waals surface area contributed by atoms with Gasteiger partial charge in [0.1, 0.15) is 11.4 Å². The Morgan fingerprint density at radius 1 is 0.909 bits per heavy atom. The minimum atomic E-state index is -0.553. The molecule has 2 rings (SSSR count). The number of unbranched alkanes of at least 4 members (excludes halogenated alkanes) is 5. The van der Waals surface area contributed by atoms with Crippen molar-refractivity contribution < 1.29 is 9.13 Å². The second-order valence-corrected chi connectivity index (χ2v) is 5.34. The highest BCUT2D eigenvalue weighted by atomic mass is 19.1. The molecule has 0 atom stereocenters. The summed E-state index contributed by atoms with van der Waals surface area (Å²) in [5.41, 5.74) is 0.975. The lowest BCUT2D eigenvalue weighted by Gasteiger charge is -2.07. The van der Waals surface area contributed by atoms with E-state index < -0.39 is 5.95 Å². The van der Waals surface area contributed by atoms with Gasteiger partial charge in [0.25, 0.3) is 0 Å². The van der Waals surface area contributed by atoms with Crippen molar-refractivity contribution in [3.63, 3.8) is 0 Å². The van der Waals surface area contributed by atoms with E-state index in [0.717, 1.165) is 18.8 Å². The largest absolute Gasteiger partial charge is 0.494 e. The smallest absolute Gasteiger partial charge is 0.239 e. The van der Waals surface area contributed by atoms with Crippen LogP contribution < -0.4 is 4.74 Å². The molecule has 4 heteroatoms. The third-order valence-electron chi connectivity index (χ3n) is 3.55. The minimum absolute atomic E-state index is 0.268. The fourth-order valence-corrected chi connectivity index (χ4v) is 2.30. The van der Waals surface area contributed by atoms with E-state index >= 15 is 0 Å². The van der Waals surface area contributed by atoms with Gasteiger partial charge in [-0.1, -0.05) is 39.0 Å². The Hall–Kier alpha value is -1.97. The fraction of sp³-hybridized carbons (Fsp3) is 0.444. The first-order valence-corrected chi connectivity index (χ1v) is 8.01. The molecule has 1 aromatic heterocycles. The van der Waals surface area contributed by atoms with Crippen LogP contribution in [0.2, 0.25) is 0 Å². The molecular weight excluding hydrogens is 279 g/mol. The van der Waals surface area contributed by atoms with Gasteiger partial charge in [-0.25, -0.2) is 9.97 Å².